The van der Waals surface area contributed by atoms with Crippen LogP contribution in [-0.4, -0.2) is 23.2 Å². The second-order valence-corrected chi connectivity index (χ2v) is 6.57. The maximum Gasteiger partial charge on any atom is 0.162 e. The van der Waals surface area contributed by atoms with E-state index in [9.17, 15) is 14.0 Å². The molecule has 0 aliphatic heterocycles. The number of aryl methyl sites for hydroxylation is 3. The van der Waals surface area contributed by atoms with E-state index >= 15 is 0 Å². The van der Waals surface area contributed by atoms with E-state index in [-0.39, 0.29) is 11.3 Å². The number of ketones is 2. The smallest absolute Gasteiger partial charge is 0.162 e. The van der Waals surface area contributed by atoms with Crippen LogP contribution < -0.4 is 0 Å². The molecule has 5 heteroatoms. The first-order chi connectivity index (χ1) is 16.7. The van der Waals surface area contributed by atoms with E-state index in [1.165, 1.54) is 24.6 Å². The van der Waals surface area contributed by atoms with Gasteiger partial charge in [0.05, 0.1) is 5.56 Å². The van der Waals surface area contributed by atoms with Crippen molar-refractivity contribution in [2.45, 2.75) is 68.2 Å². The lowest BCUT2D eigenvalue weighted by molar-refractivity contribution is -0.117. The summed E-state index contributed by atoms with van der Waals surface area (Å²) in [6.45, 7) is 22.9. The van der Waals surface area contributed by atoms with Crippen LogP contribution in [0.15, 0.2) is 74.0 Å². The molecule has 1 unspecified atom stereocenters. The topological polar surface area (TPSA) is 47.0 Å². The summed E-state index contributed by atoms with van der Waals surface area (Å²) in [7, 11) is 2.42. The molecule has 0 spiro atoms. The molecule has 1 heterocycles. The summed E-state index contributed by atoms with van der Waals surface area (Å²) in [4.78, 5) is 25.5. The van der Waals surface area contributed by atoms with Gasteiger partial charge in [0.25, 0.3) is 0 Å². The minimum Gasteiger partial charge on any atom is -0.299 e. The fourth-order valence-electron chi connectivity index (χ4n) is 1.98. The fraction of sp³-hybridized carbons (Fsp3) is 0.367. The second kappa shape index (κ2) is 29.3. The molecule has 2 aromatic rings. The normalized spacial score (nSPS) is 8.89. The van der Waals surface area contributed by atoms with Crippen molar-refractivity contribution in [3.63, 3.8) is 0 Å². The molecule has 1 atom stereocenters. The summed E-state index contributed by atoms with van der Waals surface area (Å²) in [5.74, 6) is -0.374. The Balaban J connectivity index is -0.000000187. The van der Waals surface area contributed by atoms with E-state index in [0.717, 1.165) is 11.3 Å². The predicted molar refractivity (Wildman–Crippen MR) is 157 cm³/mol. The number of hydrogen-bond acceptors (Lipinski definition) is 3. The molecule has 0 saturated carbocycles. The Hall–Kier alpha value is -2.71. The van der Waals surface area contributed by atoms with Gasteiger partial charge < -0.3 is 0 Å². The zero-order chi connectivity index (χ0) is 28.2. The SMILES string of the molecule is C/C=C\C=C/CC(=O)CC.C=C.CC.CC(=O)c1ccc(C)cc1F.CP.Cc1ccc(C)nc1. The van der Waals surface area contributed by atoms with Crippen LogP contribution >= 0.6 is 9.24 Å². The molecule has 0 amide bonds. The Morgan fingerprint density at radius 2 is 1.54 bits per heavy atom. The van der Waals surface area contributed by atoms with Crippen LogP contribution in [-0.2, 0) is 4.79 Å². The molecule has 0 saturated heterocycles. The Morgan fingerprint density at radius 1 is 1.00 bits per heavy atom. The van der Waals surface area contributed by atoms with Gasteiger partial charge >= 0.3 is 0 Å². The van der Waals surface area contributed by atoms with E-state index < -0.39 is 5.82 Å². The number of halogens is 1. The minimum atomic E-state index is -0.433. The first-order valence-electron chi connectivity index (χ1n) is 11.7. The molecular formula is C30H47FNO2P. The molecule has 0 aliphatic carbocycles. The first kappa shape index (κ1) is 39.5. The van der Waals surface area contributed by atoms with Crippen molar-refractivity contribution in [2.75, 3.05) is 6.66 Å². The van der Waals surface area contributed by atoms with Gasteiger partial charge in [0.15, 0.2) is 5.78 Å². The molecule has 0 bridgehead atoms. The Kier molecular flexibility index (Phi) is 33.1. The highest BCUT2D eigenvalue weighted by Crippen LogP contribution is 2.09. The molecule has 2 rings (SSSR count). The second-order valence-electron chi connectivity index (χ2n) is 6.57. The van der Waals surface area contributed by atoms with Gasteiger partial charge in [0.1, 0.15) is 11.6 Å². The summed E-state index contributed by atoms with van der Waals surface area (Å²) in [6, 6.07) is 8.65. The third-order valence-corrected chi connectivity index (χ3v) is 3.74. The lowest BCUT2D eigenvalue weighted by atomic mass is 10.1. The first-order valence-corrected chi connectivity index (χ1v) is 12.9. The fourth-order valence-corrected chi connectivity index (χ4v) is 1.98. The van der Waals surface area contributed by atoms with E-state index in [1.54, 1.807) is 13.0 Å². The molecule has 0 fully saturated rings. The van der Waals surface area contributed by atoms with Crippen molar-refractivity contribution >= 4 is 20.8 Å². The van der Waals surface area contributed by atoms with Gasteiger partial charge in [-0.2, -0.15) is 0 Å². The van der Waals surface area contributed by atoms with Crippen LogP contribution in [0.1, 0.15) is 74.6 Å². The van der Waals surface area contributed by atoms with Crippen molar-refractivity contribution in [1.82, 2.24) is 4.98 Å². The third-order valence-electron chi connectivity index (χ3n) is 3.74. The summed E-state index contributed by atoms with van der Waals surface area (Å²) in [6.07, 6.45) is 10.7. The highest BCUT2D eigenvalue weighted by atomic mass is 31.0. The van der Waals surface area contributed by atoms with E-state index in [4.69, 9.17) is 0 Å². The molecule has 3 nitrogen and oxygen atoms in total. The van der Waals surface area contributed by atoms with Crippen molar-refractivity contribution in [1.29, 1.82) is 0 Å². The lowest BCUT2D eigenvalue weighted by Gasteiger charge is -1.98. The molecule has 1 aromatic heterocycles. The van der Waals surface area contributed by atoms with E-state index in [2.05, 4.69) is 33.4 Å². The standard InChI is InChI=1S/C9H9FO.C9H14O.C7H9N.C2H6.C2H4.CH5P/c1-6-3-4-8(7(2)11)9(10)5-6;1-3-5-6-7-8-9(10)4-2;1-6-3-4-7(2)8-5-6;3*1-2/h3-5H,1-2H3;3,5-7H,4,8H2,1-2H3;3-5H,1-2H3;1-2H3;1-2H2;2H2,1H3/b;5-3-,7-6-;;;;. The number of nitrogens with zero attached hydrogens (tertiary/aromatic N) is 1. The number of carbonyl (C=O) groups is 2. The van der Waals surface area contributed by atoms with E-state index in [0.29, 0.717) is 18.6 Å². The number of rotatable bonds is 5. The van der Waals surface area contributed by atoms with Crippen molar-refractivity contribution in [2.24, 2.45) is 0 Å². The summed E-state index contributed by atoms with van der Waals surface area (Å²) in [5.41, 5.74) is 3.29. The molecule has 0 aliphatic rings. The molecule has 35 heavy (non-hydrogen) atoms. The molecule has 0 N–H and O–H groups in total. The monoisotopic (exact) mass is 503 g/mol. The maximum absolute atomic E-state index is 12.9. The number of pyridine rings is 1. The molecule has 1 aromatic carbocycles. The van der Waals surface area contributed by atoms with Gasteiger partial charge in [0.2, 0.25) is 0 Å². The quantitative estimate of drug-likeness (QED) is 0.177. The number of carbonyl (C=O) groups excluding carboxylic acids is 2. The maximum atomic E-state index is 12.9. The van der Waals surface area contributed by atoms with Crippen LogP contribution in [0.3, 0.4) is 0 Å². The predicted octanol–water partition coefficient (Wildman–Crippen LogP) is 8.84. The number of allylic oxidation sites excluding steroid dienone is 4. The minimum absolute atomic E-state index is 0.163. The van der Waals surface area contributed by atoms with Crippen LogP contribution in [0.25, 0.3) is 0 Å². The number of Topliss-reactive ketones (excluding diaryl/α,β-unsaturated/α-hetero) is 2. The van der Waals surface area contributed by atoms with Crippen molar-refractivity contribution in [3.05, 3.63) is 102 Å². The number of hydrogen-bond donors (Lipinski definition) is 0. The molecular weight excluding hydrogens is 456 g/mol. The van der Waals surface area contributed by atoms with Gasteiger partial charge in [-0.05, 0) is 63.9 Å². The Bertz CT molecular complexity index is 823. The highest BCUT2D eigenvalue weighted by molar-refractivity contribution is 7.15. The Labute approximate surface area is 216 Å². The summed E-state index contributed by atoms with van der Waals surface area (Å²) >= 11 is 0. The average Bonchev–Trinajstić information content (AvgIpc) is 2.87. The van der Waals surface area contributed by atoms with Gasteiger partial charge in [-0.15, -0.1) is 22.4 Å². The zero-order valence-corrected chi connectivity index (χ0v) is 24.5. The molecule has 0 radical (unpaired) electrons. The highest BCUT2D eigenvalue weighted by Gasteiger charge is 2.05. The third kappa shape index (κ3) is 25.7. The van der Waals surface area contributed by atoms with E-state index in [1.807, 2.05) is 84.8 Å². The largest absolute Gasteiger partial charge is 0.299 e. The number of benzene rings is 1. The van der Waals surface area contributed by atoms with Crippen molar-refractivity contribution in [3.8, 4) is 0 Å². The van der Waals surface area contributed by atoms with Crippen LogP contribution in [0.4, 0.5) is 4.39 Å². The van der Waals surface area contributed by atoms with Crippen LogP contribution in [0.5, 0.6) is 0 Å². The average molecular weight is 504 g/mol. The van der Waals surface area contributed by atoms with Crippen LogP contribution in [0, 0.1) is 26.6 Å². The van der Waals surface area contributed by atoms with Gasteiger partial charge in [-0.3, -0.25) is 14.6 Å². The lowest BCUT2D eigenvalue weighted by Crippen LogP contribution is -1.96. The summed E-state index contributed by atoms with van der Waals surface area (Å²) in [5, 5.41) is 0. The van der Waals surface area contributed by atoms with Gasteiger partial charge in [-0.25, -0.2) is 4.39 Å². The summed E-state index contributed by atoms with van der Waals surface area (Å²) < 4.78 is 12.9. The Morgan fingerprint density at radius 3 is 1.91 bits per heavy atom. The number of aromatic nitrogens is 1. The zero-order valence-electron chi connectivity index (χ0n) is 23.3. The molecule has 196 valence electrons. The van der Waals surface area contributed by atoms with Crippen molar-refractivity contribution < 1.29 is 14.0 Å². The van der Waals surface area contributed by atoms with Gasteiger partial charge in [-0.1, -0.05) is 63.9 Å². The van der Waals surface area contributed by atoms with Crippen LogP contribution in [0.2, 0.25) is 0 Å². The van der Waals surface area contributed by atoms with Gasteiger partial charge in [0, 0.05) is 24.7 Å².